The molecule has 0 fully saturated rings. The molecular formula is C7H11N3S2. The van der Waals surface area contributed by atoms with Gasteiger partial charge >= 0.3 is 0 Å². The van der Waals surface area contributed by atoms with Crippen molar-refractivity contribution in [3.63, 3.8) is 0 Å². The lowest BCUT2D eigenvalue weighted by Gasteiger charge is -1.99. The normalized spacial score (nSPS) is 9.75. The summed E-state index contributed by atoms with van der Waals surface area (Å²) in [5, 5.41) is 6.39. The number of aryl methyl sites for hydroxylation is 1. The van der Waals surface area contributed by atoms with E-state index in [9.17, 15) is 0 Å². The first-order valence-corrected chi connectivity index (χ1v) is 4.91. The molecule has 5 heteroatoms. The Labute approximate surface area is 81.0 Å². The third-order valence-corrected chi connectivity index (χ3v) is 2.48. The van der Waals surface area contributed by atoms with E-state index in [1.807, 2.05) is 12.3 Å². The lowest BCUT2D eigenvalue weighted by molar-refractivity contribution is 0.859. The molecule has 0 aromatic carbocycles. The van der Waals surface area contributed by atoms with Crippen LogP contribution in [0.1, 0.15) is 10.7 Å². The van der Waals surface area contributed by atoms with Crippen molar-refractivity contribution in [2.75, 3.05) is 6.54 Å². The summed E-state index contributed by atoms with van der Waals surface area (Å²) < 4.78 is 0. The van der Waals surface area contributed by atoms with Crippen LogP contribution in [0.25, 0.3) is 0 Å². The maximum atomic E-state index is 5.27. The molecule has 0 atom stereocenters. The average Bonchev–Trinajstić information content (AvgIpc) is 2.35. The Morgan fingerprint density at radius 1 is 1.83 bits per heavy atom. The van der Waals surface area contributed by atoms with Gasteiger partial charge < -0.3 is 11.1 Å². The van der Waals surface area contributed by atoms with Gasteiger partial charge in [0.05, 0.1) is 5.01 Å². The third-order valence-electron chi connectivity index (χ3n) is 1.30. The Kier molecular flexibility index (Phi) is 3.43. The minimum Gasteiger partial charge on any atom is -0.376 e. The molecule has 3 nitrogen and oxygen atoms in total. The molecule has 3 N–H and O–H groups in total. The molecular weight excluding hydrogens is 190 g/mol. The van der Waals surface area contributed by atoms with Crippen LogP contribution in [0.3, 0.4) is 0 Å². The van der Waals surface area contributed by atoms with Gasteiger partial charge in [0, 0.05) is 24.0 Å². The molecule has 12 heavy (non-hydrogen) atoms. The van der Waals surface area contributed by atoms with Gasteiger partial charge in [0.15, 0.2) is 5.11 Å². The number of thiocarbonyl (C=S) groups is 1. The molecule has 0 amide bonds. The van der Waals surface area contributed by atoms with E-state index in [0.29, 0.717) is 5.11 Å². The Hall–Kier alpha value is -0.680. The summed E-state index contributed by atoms with van der Waals surface area (Å²) in [4.78, 5) is 4.30. The van der Waals surface area contributed by atoms with E-state index in [1.165, 1.54) is 0 Å². The highest BCUT2D eigenvalue weighted by Gasteiger charge is 1.97. The fourth-order valence-electron chi connectivity index (χ4n) is 0.810. The molecule has 1 aromatic heterocycles. The SMILES string of the molecule is Cc1csc(CCNC(N)=S)n1. The second-order valence-corrected chi connectivity index (χ2v) is 3.81. The van der Waals surface area contributed by atoms with Gasteiger partial charge in [-0.15, -0.1) is 11.3 Å². The van der Waals surface area contributed by atoms with Gasteiger partial charge in [-0.05, 0) is 19.1 Å². The molecule has 66 valence electrons. The number of hydrogen-bond acceptors (Lipinski definition) is 3. The maximum absolute atomic E-state index is 5.27. The van der Waals surface area contributed by atoms with Gasteiger partial charge in [0.1, 0.15) is 0 Å². The van der Waals surface area contributed by atoms with Crippen molar-refractivity contribution in [2.24, 2.45) is 5.73 Å². The molecule has 0 aliphatic carbocycles. The van der Waals surface area contributed by atoms with Crippen LogP contribution in [0.15, 0.2) is 5.38 Å². The number of nitrogens with zero attached hydrogens (tertiary/aromatic N) is 1. The molecule has 0 aliphatic rings. The molecule has 0 saturated carbocycles. The number of rotatable bonds is 3. The Bertz CT molecular complexity index is 269. The van der Waals surface area contributed by atoms with E-state index in [-0.39, 0.29) is 0 Å². The second kappa shape index (κ2) is 4.37. The van der Waals surface area contributed by atoms with Gasteiger partial charge in [-0.3, -0.25) is 0 Å². The molecule has 0 radical (unpaired) electrons. The fraction of sp³-hybridized carbons (Fsp3) is 0.429. The van der Waals surface area contributed by atoms with Crippen molar-refractivity contribution < 1.29 is 0 Å². The lowest BCUT2D eigenvalue weighted by Crippen LogP contribution is -2.30. The van der Waals surface area contributed by atoms with Gasteiger partial charge in [0.2, 0.25) is 0 Å². The van der Waals surface area contributed by atoms with Crippen molar-refractivity contribution in [3.8, 4) is 0 Å². The topological polar surface area (TPSA) is 50.9 Å². The summed E-state index contributed by atoms with van der Waals surface area (Å²) in [5.41, 5.74) is 6.34. The number of hydrogen-bond donors (Lipinski definition) is 2. The van der Waals surface area contributed by atoms with Crippen LogP contribution < -0.4 is 11.1 Å². The first-order valence-electron chi connectivity index (χ1n) is 3.63. The van der Waals surface area contributed by atoms with Crippen LogP contribution in [0.4, 0.5) is 0 Å². The highest BCUT2D eigenvalue weighted by Crippen LogP contribution is 2.08. The minimum atomic E-state index is 0.350. The van der Waals surface area contributed by atoms with Crippen LogP contribution in [0.5, 0.6) is 0 Å². The summed E-state index contributed by atoms with van der Waals surface area (Å²) in [7, 11) is 0. The maximum Gasteiger partial charge on any atom is 0.163 e. The van der Waals surface area contributed by atoms with Crippen LogP contribution in [-0.4, -0.2) is 16.6 Å². The summed E-state index contributed by atoms with van der Waals surface area (Å²) in [6.07, 6.45) is 0.885. The number of nitrogens with one attached hydrogen (secondary N) is 1. The van der Waals surface area contributed by atoms with Crippen molar-refractivity contribution in [3.05, 3.63) is 16.1 Å². The Balaban J connectivity index is 2.29. The zero-order valence-corrected chi connectivity index (χ0v) is 8.47. The smallest absolute Gasteiger partial charge is 0.163 e. The Morgan fingerprint density at radius 2 is 2.58 bits per heavy atom. The van der Waals surface area contributed by atoms with E-state index in [1.54, 1.807) is 11.3 Å². The third kappa shape index (κ3) is 3.15. The summed E-state index contributed by atoms with van der Waals surface area (Å²) >= 11 is 6.33. The molecule has 1 rings (SSSR count). The molecule has 0 spiro atoms. The van der Waals surface area contributed by atoms with E-state index < -0.39 is 0 Å². The summed E-state index contributed by atoms with van der Waals surface area (Å²) in [6, 6.07) is 0. The molecule has 0 saturated heterocycles. The minimum absolute atomic E-state index is 0.350. The monoisotopic (exact) mass is 201 g/mol. The highest BCUT2D eigenvalue weighted by molar-refractivity contribution is 7.80. The van der Waals surface area contributed by atoms with Gasteiger partial charge in [0.25, 0.3) is 0 Å². The second-order valence-electron chi connectivity index (χ2n) is 2.42. The van der Waals surface area contributed by atoms with Crippen molar-refractivity contribution in [1.29, 1.82) is 0 Å². The summed E-state index contributed by atoms with van der Waals surface area (Å²) in [5.74, 6) is 0. The zero-order chi connectivity index (χ0) is 8.97. The zero-order valence-electron chi connectivity index (χ0n) is 6.83. The van der Waals surface area contributed by atoms with Crippen LogP contribution >= 0.6 is 23.6 Å². The first-order chi connectivity index (χ1) is 5.68. The quantitative estimate of drug-likeness (QED) is 0.711. The van der Waals surface area contributed by atoms with Gasteiger partial charge in [-0.2, -0.15) is 0 Å². The van der Waals surface area contributed by atoms with E-state index in [2.05, 4.69) is 22.5 Å². The number of thiazole rings is 1. The molecule has 0 unspecified atom stereocenters. The van der Waals surface area contributed by atoms with Crippen molar-refractivity contribution in [1.82, 2.24) is 10.3 Å². The average molecular weight is 201 g/mol. The summed E-state index contributed by atoms with van der Waals surface area (Å²) in [6.45, 7) is 2.75. The first kappa shape index (κ1) is 9.41. The standard InChI is InChI=1S/C7H11N3S2/c1-5-4-12-6(10-5)2-3-9-7(8)11/h4H,2-3H2,1H3,(H3,8,9,11). The van der Waals surface area contributed by atoms with Gasteiger partial charge in [-0.25, -0.2) is 4.98 Å². The molecule has 0 bridgehead atoms. The number of nitrogens with two attached hydrogens (primary N) is 1. The van der Waals surface area contributed by atoms with E-state index >= 15 is 0 Å². The van der Waals surface area contributed by atoms with Crippen LogP contribution in [0, 0.1) is 6.92 Å². The molecule has 1 heterocycles. The Morgan fingerprint density at radius 3 is 3.08 bits per heavy atom. The van der Waals surface area contributed by atoms with Crippen LogP contribution in [0.2, 0.25) is 0 Å². The fourth-order valence-corrected chi connectivity index (χ4v) is 1.69. The largest absolute Gasteiger partial charge is 0.376 e. The van der Waals surface area contributed by atoms with E-state index in [4.69, 9.17) is 5.73 Å². The predicted molar refractivity (Wildman–Crippen MR) is 55.3 cm³/mol. The van der Waals surface area contributed by atoms with Gasteiger partial charge in [-0.1, -0.05) is 0 Å². The van der Waals surface area contributed by atoms with Crippen LogP contribution in [-0.2, 0) is 6.42 Å². The van der Waals surface area contributed by atoms with Crippen molar-refractivity contribution in [2.45, 2.75) is 13.3 Å². The predicted octanol–water partition coefficient (Wildman–Crippen LogP) is 0.827. The highest BCUT2D eigenvalue weighted by atomic mass is 32.1. The van der Waals surface area contributed by atoms with E-state index in [0.717, 1.165) is 23.7 Å². The number of aromatic nitrogens is 1. The van der Waals surface area contributed by atoms with Crippen molar-refractivity contribution >= 4 is 28.7 Å². The molecule has 0 aliphatic heterocycles. The molecule has 1 aromatic rings. The lowest BCUT2D eigenvalue weighted by atomic mass is 10.4.